The van der Waals surface area contributed by atoms with Crippen LogP contribution in [0.3, 0.4) is 0 Å². The minimum Gasteiger partial charge on any atom is -0.492 e. The predicted octanol–water partition coefficient (Wildman–Crippen LogP) is 2.29. The third-order valence-electron chi connectivity index (χ3n) is 3.71. The van der Waals surface area contributed by atoms with Crippen LogP contribution < -0.4 is 21.1 Å². The summed E-state index contributed by atoms with van der Waals surface area (Å²) in [5.41, 5.74) is 7.10. The molecule has 0 aliphatic heterocycles. The zero-order chi connectivity index (χ0) is 18.1. The average Bonchev–Trinajstić information content (AvgIpc) is 2.59. The molecule has 0 aliphatic rings. The molecule has 0 saturated carbocycles. The second-order valence-electron chi connectivity index (χ2n) is 5.63. The summed E-state index contributed by atoms with van der Waals surface area (Å²) < 4.78 is 5.53. The number of hydrogen-bond donors (Lipinski definition) is 3. The molecule has 2 rings (SSSR count). The molecular weight excluding hydrogens is 318 g/mol. The van der Waals surface area contributed by atoms with Crippen LogP contribution in [0.15, 0.2) is 54.6 Å². The molecule has 4 N–H and O–H groups in total. The summed E-state index contributed by atoms with van der Waals surface area (Å²) in [6.07, 6.45) is 0.110. The molecular formula is C19H23N3O3. The molecule has 0 heterocycles. The lowest BCUT2D eigenvalue weighted by atomic mass is 9.98. The molecule has 0 spiro atoms. The fourth-order valence-electron chi connectivity index (χ4n) is 2.52. The number of carbonyl (C=O) groups excluding carboxylic acids is 2. The van der Waals surface area contributed by atoms with Crippen molar-refractivity contribution in [2.24, 2.45) is 5.73 Å². The molecule has 0 fully saturated rings. The minimum absolute atomic E-state index is 0.110. The lowest BCUT2D eigenvalue weighted by Gasteiger charge is -2.19. The molecule has 2 aromatic carbocycles. The largest absolute Gasteiger partial charge is 0.492 e. The van der Waals surface area contributed by atoms with Gasteiger partial charge in [0.2, 0.25) is 5.91 Å². The van der Waals surface area contributed by atoms with Crippen molar-refractivity contribution in [1.82, 2.24) is 10.6 Å². The third kappa shape index (κ3) is 6.18. The van der Waals surface area contributed by atoms with Gasteiger partial charge in [-0.05, 0) is 30.2 Å². The smallest absolute Gasteiger partial charge is 0.312 e. The molecule has 6 heteroatoms. The summed E-state index contributed by atoms with van der Waals surface area (Å²) in [6, 6.07) is 15.8. The van der Waals surface area contributed by atoms with E-state index >= 15 is 0 Å². The Morgan fingerprint density at radius 3 is 2.44 bits per heavy atom. The molecule has 0 saturated heterocycles. The lowest BCUT2D eigenvalue weighted by molar-refractivity contribution is -0.121. The van der Waals surface area contributed by atoms with Crippen LogP contribution >= 0.6 is 0 Å². The standard InChI is InChI=1S/C19H23N3O3/c1-14-7-5-6-10-16(14)17(22-19(20)24)13-18(23)21-11-12-25-15-8-3-2-4-9-15/h2-10,17H,11-13H2,1H3,(H,21,23)(H3,20,22,24). The van der Waals surface area contributed by atoms with E-state index in [0.29, 0.717) is 13.2 Å². The first-order valence-corrected chi connectivity index (χ1v) is 8.12. The maximum absolute atomic E-state index is 12.2. The zero-order valence-corrected chi connectivity index (χ0v) is 14.2. The van der Waals surface area contributed by atoms with Crippen LogP contribution in [0.4, 0.5) is 4.79 Å². The summed E-state index contributed by atoms with van der Waals surface area (Å²) in [5.74, 6) is 0.573. The number of para-hydroxylation sites is 1. The van der Waals surface area contributed by atoms with Gasteiger partial charge >= 0.3 is 6.03 Å². The van der Waals surface area contributed by atoms with E-state index in [-0.39, 0.29) is 12.3 Å². The van der Waals surface area contributed by atoms with Crippen molar-refractivity contribution in [3.8, 4) is 5.75 Å². The summed E-state index contributed by atoms with van der Waals surface area (Å²) in [5, 5.41) is 5.42. The Labute approximate surface area is 147 Å². The number of nitrogens with one attached hydrogen (secondary N) is 2. The van der Waals surface area contributed by atoms with Crippen LogP contribution in [0.2, 0.25) is 0 Å². The molecule has 6 nitrogen and oxygen atoms in total. The molecule has 1 atom stereocenters. The zero-order valence-electron chi connectivity index (χ0n) is 14.2. The van der Waals surface area contributed by atoms with Gasteiger partial charge in [0.25, 0.3) is 0 Å². The number of nitrogens with two attached hydrogens (primary N) is 1. The molecule has 0 aromatic heterocycles. The molecule has 0 bridgehead atoms. The van der Waals surface area contributed by atoms with Crippen LogP contribution in [0, 0.1) is 6.92 Å². The van der Waals surface area contributed by atoms with Crippen LogP contribution in [0.25, 0.3) is 0 Å². The molecule has 132 valence electrons. The lowest BCUT2D eigenvalue weighted by Crippen LogP contribution is -2.37. The van der Waals surface area contributed by atoms with Crippen molar-refractivity contribution in [2.45, 2.75) is 19.4 Å². The van der Waals surface area contributed by atoms with E-state index < -0.39 is 12.1 Å². The van der Waals surface area contributed by atoms with Gasteiger partial charge in [-0.15, -0.1) is 0 Å². The van der Waals surface area contributed by atoms with Gasteiger partial charge in [0.1, 0.15) is 12.4 Å². The van der Waals surface area contributed by atoms with Crippen molar-refractivity contribution in [2.75, 3.05) is 13.2 Å². The Balaban J connectivity index is 1.85. The van der Waals surface area contributed by atoms with Gasteiger partial charge in [-0.3, -0.25) is 4.79 Å². The number of rotatable bonds is 8. The summed E-state index contributed by atoms with van der Waals surface area (Å²) in [4.78, 5) is 23.4. The molecule has 25 heavy (non-hydrogen) atoms. The molecule has 2 aromatic rings. The van der Waals surface area contributed by atoms with Crippen LogP contribution in [0.1, 0.15) is 23.6 Å². The normalized spacial score (nSPS) is 11.4. The fourth-order valence-corrected chi connectivity index (χ4v) is 2.52. The fraction of sp³-hybridized carbons (Fsp3) is 0.263. The number of aryl methyl sites for hydroxylation is 1. The Hall–Kier alpha value is -3.02. The Morgan fingerprint density at radius 1 is 1.08 bits per heavy atom. The second-order valence-corrected chi connectivity index (χ2v) is 5.63. The van der Waals surface area contributed by atoms with E-state index in [4.69, 9.17) is 10.5 Å². The van der Waals surface area contributed by atoms with Crippen molar-refractivity contribution in [3.05, 3.63) is 65.7 Å². The number of ether oxygens (including phenoxy) is 1. The number of carbonyl (C=O) groups is 2. The number of hydrogen-bond acceptors (Lipinski definition) is 3. The summed E-state index contributed by atoms with van der Waals surface area (Å²) >= 11 is 0. The van der Waals surface area contributed by atoms with Gasteiger partial charge < -0.3 is 21.1 Å². The van der Waals surface area contributed by atoms with E-state index in [9.17, 15) is 9.59 Å². The molecule has 0 radical (unpaired) electrons. The highest BCUT2D eigenvalue weighted by molar-refractivity contribution is 5.78. The highest BCUT2D eigenvalue weighted by Crippen LogP contribution is 2.20. The van der Waals surface area contributed by atoms with E-state index in [1.165, 1.54) is 0 Å². The number of urea groups is 1. The van der Waals surface area contributed by atoms with Crippen LogP contribution in [-0.2, 0) is 4.79 Å². The third-order valence-corrected chi connectivity index (χ3v) is 3.71. The number of benzene rings is 2. The van der Waals surface area contributed by atoms with Gasteiger partial charge in [0, 0.05) is 0 Å². The SMILES string of the molecule is Cc1ccccc1C(CC(=O)NCCOc1ccccc1)NC(N)=O. The highest BCUT2D eigenvalue weighted by Gasteiger charge is 2.18. The van der Waals surface area contributed by atoms with E-state index in [0.717, 1.165) is 16.9 Å². The first-order chi connectivity index (χ1) is 12.1. The van der Waals surface area contributed by atoms with Crippen LogP contribution in [0.5, 0.6) is 5.75 Å². The minimum atomic E-state index is -0.659. The average molecular weight is 341 g/mol. The quantitative estimate of drug-likeness (QED) is 0.643. The van der Waals surface area contributed by atoms with E-state index in [1.54, 1.807) is 0 Å². The van der Waals surface area contributed by atoms with Crippen LogP contribution in [-0.4, -0.2) is 25.1 Å². The van der Waals surface area contributed by atoms with Gasteiger partial charge in [-0.25, -0.2) is 4.79 Å². The van der Waals surface area contributed by atoms with Crippen molar-refractivity contribution in [3.63, 3.8) is 0 Å². The Kier molecular flexibility index (Phi) is 6.83. The van der Waals surface area contributed by atoms with Crippen molar-refractivity contribution < 1.29 is 14.3 Å². The number of primary amides is 1. The first kappa shape index (κ1) is 18.3. The van der Waals surface area contributed by atoms with Gasteiger partial charge in [0.05, 0.1) is 19.0 Å². The molecule has 0 aliphatic carbocycles. The van der Waals surface area contributed by atoms with Gasteiger partial charge in [0.15, 0.2) is 0 Å². The molecule has 3 amide bonds. The van der Waals surface area contributed by atoms with E-state index in [1.807, 2.05) is 61.5 Å². The maximum Gasteiger partial charge on any atom is 0.312 e. The number of amides is 3. The van der Waals surface area contributed by atoms with Crippen molar-refractivity contribution >= 4 is 11.9 Å². The summed E-state index contributed by atoms with van der Waals surface area (Å²) in [6.45, 7) is 2.68. The molecule has 1 unspecified atom stereocenters. The summed E-state index contributed by atoms with van der Waals surface area (Å²) in [7, 11) is 0. The van der Waals surface area contributed by atoms with Crippen molar-refractivity contribution in [1.29, 1.82) is 0 Å². The highest BCUT2D eigenvalue weighted by atomic mass is 16.5. The first-order valence-electron chi connectivity index (χ1n) is 8.12. The second kappa shape index (κ2) is 9.32. The van der Waals surface area contributed by atoms with Gasteiger partial charge in [-0.1, -0.05) is 42.5 Å². The van der Waals surface area contributed by atoms with Gasteiger partial charge in [-0.2, -0.15) is 0 Å². The van der Waals surface area contributed by atoms with E-state index in [2.05, 4.69) is 10.6 Å². The monoisotopic (exact) mass is 341 g/mol. The Morgan fingerprint density at radius 2 is 1.76 bits per heavy atom. The predicted molar refractivity (Wildman–Crippen MR) is 96.2 cm³/mol. The Bertz CT molecular complexity index is 704. The topological polar surface area (TPSA) is 93.4 Å². The maximum atomic E-state index is 12.2.